The number of rotatable bonds is 1. The van der Waals surface area contributed by atoms with E-state index in [1.54, 1.807) is 12.1 Å². The lowest BCUT2D eigenvalue weighted by molar-refractivity contribution is 0.340. The van der Waals surface area contributed by atoms with Crippen LogP contribution in [-0.4, -0.2) is 20.8 Å². The molecular formula is C9H9FO3S. The Morgan fingerprint density at radius 1 is 1.43 bits per heavy atom. The Morgan fingerprint density at radius 2 is 2.21 bits per heavy atom. The van der Waals surface area contributed by atoms with Crippen LogP contribution >= 0.6 is 0 Å². The van der Waals surface area contributed by atoms with Crippen molar-refractivity contribution < 1.29 is 17.0 Å². The molecule has 1 heterocycles. The number of halogens is 1. The fourth-order valence-electron chi connectivity index (χ4n) is 1.48. The largest absolute Gasteiger partial charge is 0.269 e. The maximum Gasteiger partial charge on any atom is 0.268 e. The van der Waals surface area contributed by atoms with Crippen molar-refractivity contribution in [2.45, 2.75) is 5.92 Å². The molecule has 1 aliphatic heterocycles. The molecule has 0 saturated carbocycles. The molecule has 76 valence electrons. The zero-order chi connectivity index (χ0) is 10.2. The summed E-state index contributed by atoms with van der Waals surface area (Å²) in [6, 6.07) is 5.94. The summed E-state index contributed by atoms with van der Waals surface area (Å²) in [6.45, 7) is 0.117. The molecule has 0 aliphatic carbocycles. The van der Waals surface area contributed by atoms with Gasteiger partial charge < -0.3 is 0 Å². The summed E-state index contributed by atoms with van der Waals surface area (Å²) in [4.78, 5) is 0. The first-order valence-corrected chi connectivity index (χ1v) is 5.77. The van der Waals surface area contributed by atoms with Gasteiger partial charge in [0.05, 0.1) is 12.4 Å². The van der Waals surface area contributed by atoms with Crippen LogP contribution in [-0.2, 0) is 14.3 Å². The second-order valence-electron chi connectivity index (χ2n) is 3.26. The quantitative estimate of drug-likeness (QED) is 0.664. The van der Waals surface area contributed by atoms with Crippen LogP contribution in [0, 0.1) is 5.82 Å². The van der Waals surface area contributed by atoms with Crippen molar-refractivity contribution in [3.05, 3.63) is 35.6 Å². The summed E-state index contributed by atoms with van der Waals surface area (Å²) in [6.07, 6.45) is 0. The summed E-state index contributed by atoms with van der Waals surface area (Å²) >= 11 is 0. The highest BCUT2D eigenvalue weighted by Gasteiger charge is 2.30. The van der Waals surface area contributed by atoms with Crippen molar-refractivity contribution in [1.29, 1.82) is 0 Å². The van der Waals surface area contributed by atoms with Gasteiger partial charge in [-0.05, 0) is 17.7 Å². The minimum Gasteiger partial charge on any atom is -0.269 e. The van der Waals surface area contributed by atoms with Gasteiger partial charge >= 0.3 is 0 Å². The van der Waals surface area contributed by atoms with Crippen molar-refractivity contribution in [3.63, 3.8) is 0 Å². The van der Waals surface area contributed by atoms with E-state index in [9.17, 15) is 12.8 Å². The van der Waals surface area contributed by atoms with Gasteiger partial charge in [-0.25, -0.2) is 4.39 Å². The van der Waals surface area contributed by atoms with E-state index in [-0.39, 0.29) is 24.1 Å². The molecule has 0 aromatic heterocycles. The SMILES string of the molecule is O=S1(=O)C[C@@H](c2cccc(F)c2)CO1. The maximum atomic E-state index is 12.8. The van der Waals surface area contributed by atoms with E-state index in [1.165, 1.54) is 12.1 Å². The van der Waals surface area contributed by atoms with Crippen LogP contribution in [0.25, 0.3) is 0 Å². The Morgan fingerprint density at radius 3 is 2.79 bits per heavy atom. The molecule has 1 aromatic rings. The van der Waals surface area contributed by atoms with Crippen LogP contribution in [0.15, 0.2) is 24.3 Å². The van der Waals surface area contributed by atoms with Crippen molar-refractivity contribution >= 4 is 10.1 Å². The smallest absolute Gasteiger partial charge is 0.268 e. The van der Waals surface area contributed by atoms with Crippen LogP contribution in [0.4, 0.5) is 4.39 Å². The normalized spacial score (nSPS) is 25.1. The predicted octanol–water partition coefficient (Wildman–Crippen LogP) is 1.27. The van der Waals surface area contributed by atoms with Crippen molar-refractivity contribution in [2.24, 2.45) is 0 Å². The van der Waals surface area contributed by atoms with E-state index in [0.29, 0.717) is 5.56 Å². The van der Waals surface area contributed by atoms with Crippen LogP contribution in [0.5, 0.6) is 0 Å². The second-order valence-corrected chi connectivity index (χ2v) is 4.95. The highest BCUT2D eigenvalue weighted by molar-refractivity contribution is 7.87. The maximum absolute atomic E-state index is 12.8. The van der Waals surface area contributed by atoms with E-state index in [4.69, 9.17) is 0 Å². The lowest BCUT2D eigenvalue weighted by atomic mass is 10.0. The van der Waals surface area contributed by atoms with Crippen LogP contribution in [0.2, 0.25) is 0 Å². The lowest BCUT2D eigenvalue weighted by Crippen LogP contribution is -2.04. The Bertz CT molecular complexity index is 441. The second kappa shape index (κ2) is 3.33. The number of hydrogen-bond acceptors (Lipinski definition) is 3. The molecule has 3 nitrogen and oxygen atoms in total. The van der Waals surface area contributed by atoms with Gasteiger partial charge in [-0.1, -0.05) is 12.1 Å². The zero-order valence-electron chi connectivity index (χ0n) is 7.31. The first kappa shape index (κ1) is 9.61. The minimum absolute atomic E-state index is 0.0591. The predicted molar refractivity (Wildman–Crippen MR) is 48.9 cm³/mol. The third-order valence-electron chi connectivity index (χ3n) is 2.17. The van der Waals surface area contributed by atoms with E-state index in [1.807, 2.05) is 0 Å². The average molecular weight is 216 g/mol. The van der Waals surface area contributed by atoms with E-state index >= 15 is 0 Å². The molecule has 1 atom stereocenters. The summed E-state index contributed by atoms with van der Waals surface area (Å²) in [5, 5.41) is 0. The van der Waals surface area contributed by atoms with Crippen LogP contribution in [0.1, 0.15) is 11.5 Å². The monoisotopic (exact) mass is 216 g/mol. The van der Waals surface area contributed by atoms with Gasteiger partial charge in [0.1, 0.15) is 5.82 Å². The molecule has 0 radical (unpaired) electrons. The zero-order valence-corrected chi connectivity index (χ0v) is 8.13. The highest BCUT2D eigenvalue weighted by Crippen LogP contribution is 2.25. The van der Waals surface area contributed by atoms with E-state index < -0.39 is 10.1 Å². The van der Waals surface area contributed by atoms with E-state index in [0.717, 1.165) is 0 Å². The molecule has 1 aliphatic rings. The Kier molecular flexibility index (Phi) is 2.28. The molecule has 2 rings (SSSR count). The first-order valence-electron chi connectivity index (χ1n) is 4.19. The fourth-order valence-corrected chi connectivity index (χ4v) is 2.73. The van der Waals surface area contributed by atoms with Gasteiger partial charge in [0.15, 0.2) is 0 Å². The molecule has 0 N–H and O–H groups in total. The topological polar surface area (TPSA) is 43.4 Å². The molecule has 5 heteroatoms. The highest BCUT2D eigenvalue weighted by atomic mass is 32.2. The Labute approximate surface area is 81.6 Å². The molecule has 1 saturated heterocycles. The summed E-state index contributed by atoms with van der Waals surface area (Å²) in [5.41, 5.74) is 0.672. The Hall–Kier alpha value is -0.940. The van der Waals surface area contributed by atoms with Crippen molar-refractivity contribution in [1.82, 2.24) is 0 Å². The van der Waals surface area contributed by atoms with Crippen LogP contribution < -0.4 is 0 Å². The van der Waals surface area contributed by atoms with Gasteiger partial charge in [0.25, 0.3) is 10.1 Å². The molecular weight excluding hydrogens is 207 g/mol. The van der Waals surface area contributed by atoms with Crippen LogP contribution in [0.3, 0.4) is 0 Å². The molecule has 0 spiro atoms. The average Bonchev–Trinajstić information content (AvgIpc) is 2.46. The number of benzene rings is 1. The summed E-state index contributed by atoms with van der Waals surface area (Å²) < 4.78 is 39.4. The van der Waals surface area contributed by atoms with Crippen molar-refractivity contribution in [3.8, 4) is 0 Å². The molecule has 14 heavy (non-hydrogen) atoms. The molecule has 0 amide bonds. The molecule has 1 fully saturated rings. The lowest BCUT2D eigenvalue weighted by Gasteiger charge is -2.05. The first-order chi connectivity index (χ1) is 6.57. The van der Waals surface area contributed by atoms with Gasteiger partial charge in [-0.15, -0.1) is 0 Å². The van der Waals surface area contributed by atoms with Gasteiger partial charge in [-0.2, -0.15) is 8.42 Å². The van der Waals surface area contributed by atoms with Gasteiger partial charge in [0.2, 0.25) is 0 Å². The minimum atomic E-state index is -3.38. The molecule has 0 bridgehead atoms. The Balaban J connectivity index is 2.26. The van der Waals surface area contributed by atoms with E-state index in [2.05, 4.69) is 4.18 Å². The van der Waals surface area contributed by atoms with Gasteiger partial charge in [0, 0.05) is 5.92 Å². The summed E-state index contributed by atoms with van der Waals surface area (Å²) in [7, 11) is -3.38. The third kappa shape index (κ3) is 1.93. The molecule has 0 unspecified atom stereocenters. The summed E-state index contributed by atoms with van der Waals surface area (Å²) in [5.74, 6) is -0.654. The van der Waals surface area contributed by atoms with Crippen molar-refractivity contribution in [2.75, 3.05) is 12.4 Å². The number of hydrogen-bond donors (Lipinski definition) is 0. The fraction of sp³-hybridized carbons (Fsp3) is 0.333. The molecule has 1 aromatic carbocycles. The standard InChI is InChI=1S/C9H9FO3S/c10-9-3-1-2-7(4-9)8-5-13-14(11,12)6-8/h1-4,8H,5-6H2/t8-/m0/s1. The third-order valence-corrected chi connectivity index (χ3v) is 3.48. The van der Waals surface area contributed by atoms with Gasteiger partial charge in [-0.3, -0.25) is 4.18 Å².